The molecule has 1 aromatic rings. The average Bonchev–Trinajstić information content (AvgIpc) is 2.52. The predicted molar refractivity (Wildman–Crippen MR) is 76.7 cm³/mol. The van der Waals surface area contributed by atoms with Crippen molar-refractivity contribution in [1.29, 1.82) is 5.26 Å². The fourth-order valence-corrected chi connectivity index (χ4v) is 2.75. The number of likely N-dealkylation sites (tertiary alicyclic amines) is 1. The molecule has 1 aliphatic rings. The number of carboxylic acids is 1. The van der Waals surface area contributed by atoms with Gasteiger partial charge in [-0.15, -0.1) is 0 Å². The lowest BCUT2D eigenvalue weighted by Gasteiger charge is -2.35. The maximum absolute atomic E-state index is 12.6. The van der Waals surface area contributed by atoms with Crippen molar-refractivity contribution in [2.24, 2.45) is 0 Å². The number of rotatable bonds is 4. The Morgan fingerprint density at radius 2 is 2.19 bits per heavy atom. The Morgan fingerprint density at radius 3 is 2.90 bits per heavy atom. The molecule has 0 bridgehead atoms. The zero-order valence-corrected chi connectivity index (χ0v) is 11.8. The molecule has 0 saturated carbocycles. The number of hydrogen-bond acceptors (Lipinski definition) is 3. The molecule has 0 aliphatic carbocycles. The maximum Gasteiger partial charge on any atom is 0.303 e. The summed E-state index contributed by atoms with van der Waals surface area (Å²) in [6, 6.07) is 8.65. The summed E-state index contributed by atoms with van der Waals surface area (Å²) in [5.74, 6) is -0.943. The van der Waals surface area contributed by atoms with Crippen LogP contribution in [0.3, 0.4) is 0 Å². The van der Waals surface area contributed by atoms with Crippen molar-refractivity contribution in [3.63, 3.8) is 0 Å². The molecule has 1 heterocycles. The molecule has 0 aromatic heterocycles. The molecule has 5 nitrogen and oxygen atoms in total. The van der Waals surface area contributed by atoms with Gasteiger partial charge in [0.1, 0.15) is 0 Å². The molecule has 1 saturated heterocycles. The van der Waals surface area contributed by atoms with Gasteiger partial charge in [0.15, 0.2) is 0 Å². The van der Waals surface area contributed by atoms with E-state index in [4.69, 9.17) is 10.4 Å². The summed E-state index contributed by atoms with van der Waals surface area (Å²) < 4.78 is 0. The minimum Gasteiger partial charge on any atom is -0.481 e. The normalized spacial score (nSPS) is 18.0. The third-order valence-electron chi connectivity index (χ3n) is 3.82. The number of piperidine rings is 1. The number of carbonyl (C=O) groups is 2. The van der Waals surface area contributed by atoms with Crippen LogP contribution in [0.1, 0.15) is 48.0 Å². The van der Waals surface area contributed by atoms with Crippen LogP contribution in [0.25, 0.3) is 0 Å². The summed E-state index contributed by atoms with van der Waals surface area (Å²) in [6.45, 7) is 0.653. The fraction of sp³-hybridized carbons (Fsp3) is 0.438. The summed E-state index contributed by atoms with van der Waals surface area (Å²) in [5, 5.41) is 17.7. The SMILES string of the molecule is N#Cc1cccc(C(=O)N2CCCCC2CCC(=O)O)c1. The van der Waals surface area contributed by atoms with Crippen LogP contribution in [0, 0.1) is 11.3 Å². The molecule has 1 N–H and O–H groups in total. The number of nitrogens with zero attached hydrogens (tertiary/aromatic N) is 2. The smallest absolute Gasteiger partial charge is 0.303 e. The third kappa shape index (κ3) is 3.82. The largest absolute Gasteiger partial charge is 0.481 e. The van der Waals surface area contributed by atoms with Crippen molar-refractivity contribution in [2.45, 2.75) is 38.1 Å². The van der Waals surface area contributed by atoms with E-state index in [1.54, 1.807) is 29.2 Å². The van der Waals surface area contributed by atoms with Gasteiger partial charge >= 0.3 is 5.97 Å². The van der Waals surface area contributed by atoms with Gasteiger partial charge in [0.25, 0.3) is 5.91 Å². The van der Waals surface area contributed by atoms with Gasteiger partial charge in [0.2, 0.25) is 0 Å². The summed E-state index contributed by atoms with van der Waals surface area (Å²) in [7, 11) is 0. The van der Waals surface area contributed by atoms with Crippen LogP contribution in [-0.4, -0.2) is 34.5 Å². The molecule has 1 fully saturated rings. The molecule has 2 rings (SSSR count). The third-order valence-corrected chi connectivity index (χ3v) is 3.82. The second kappa shape index (κ2) is 6.89. The maximum atomic E-state index is 12.6. The zero-order valence-electron chi connectivity index (χ0n) is 11.8. The monoisotopic (exact) mass is 286 g/mol. The van der Waals surface area contributed by atoms with Gasteiger partial charge in [-0.3, -0.25) is 9.59 Å². The summed E-state index contributed by atoms with van der Waals surface area (Å²) in [4.78, 5) is 25.1. The van der Waals surface area contributed by atoms with E-state index in [9.17, 15) is 9.59 Å². The molecule has 5 heteroatoms. The molecule has 1 unspecified atom stereocenters. The number of amides is 1. The van der Waals surface area contributed by atoms with Crippen LogP contribution in [-0.2, 0) is 4.79 Å². The Labute approximate surface area is 123 Å². The van der Waals surface area contributed by atoms with Crippen LogP contribution >= 0.6 is 0 Å². The summed E-state index contributed by atoms with van der Waals surface area (Å²) in [5.41, 5.74) is 0.955. The quantitative estimate of drug-likeness (QED) is 0.921. The molecule has 1 amide bonds. The number of carbonyl (C=O) groups excluding carboxylic acids is 1. The van der Waals surface area contributed by atoms with Crippen molar-refractivity contribution in [1.82, 2.24) is 4.90 Å². The van der Waals surface area contributed by atoms with Crippen LogP contribution in [0.15, 0.2) is 24.3 Å². The predicted octanol–water partition coefficient (Wildman–Crippen LogP) is 2.42. The highest BCUT2D eigenvalue weighted by atomic mass is 16.4. The highest BCUT2D eigenvalue weighted by Crippen LogP contribution is 2.23. The first-order chi connectivity index (χ1) is 10.1. The number of aliphatic carboxylic acids is 1. The van der Waals surface area contributed by atoms with Crippen LogP contribution in [0.4, 0.5) is 0 Å². The first-order valence-electron chi connectivity index (χ1n) is 7.14. The van der Waals surface area contributed by atoms with E-state index in [-0.39, 0.29) is 18.4 Å². The van der Waals surface area contributed by atoms with Crippen molar-refractivity contribution in [2.75, 3.05) is 6.54 Å². The fourth-order valence-electron chi connectivity index (χ4n) is 2.75. The highest BCUT2D eigenvalue weighted by Gasteiger charge is 2.27. The summed E-state index contributed by atoms with van der Waals surface area (Å²) in [6.07, 6.45) is 3.36. The Kier molecular flexibility index (Phi) is 4.94. The Balaban J connectivity index is 2.14. The average molecular weight is 286 g/mol. The van der Waals surface area contributed by atoms with E-state index in [2.05, 4.69) is 0 Å². The van der Waals surface area contributed by atoms with E-state index in [0.29, 0.717) is 24.1 Å². The van der Waals surface area contributed by atoms with Gasteiger partial charge in [-0.2, -0.15) is 5.26 Å². The van der Waals surface area contributed by atoms with E-state index in [1.165, 1.54) is 0 Å². The van der Waals surface area contributed by atoms with Gasteiger partial charge in [0, 0.05) is 24.6 Å². The number of benzene rings is 1. The van der Waals surface area contributed by atoms with E-state index in [1.807, 2.05) is 6.07 Å². The number of nitriles is 1. The minimum absolute atomic E-state index is 0.0203. The molecule has 1 aromatic carbocycles. The second-order valence-electron chi connectivity index (χ2n) is 5.27. The van der Waals surface area contributed by atoms with Gasteiger partial charge in [-0.25, -0.2) is 0 Å². The second-order valence-corrected chi connectivity index (χ2v) is 5.27. The lowest BCUT2D eigenvalue weighted by atomic mass is 9.96. The van der Waals surface area contributed by atoms with Gasteiger partial charge in [-0.1, -0.05) is 6.07 Å². The molecule has 0 radical (unpaired) electrons. The number of hydrogen-bond donors (Lipinski definition) is 1. The molecular weight excluding hydrogens is 268 g/mol. The number of carboxylic acid groups (broad SMARTS) is 1. The van der Waals surface area contributed by atoms with Crippen molar-refractivity contribution >= 4 is 11.9 Å². The molecule has 1 aliphatic heterocycles. The Hall–Kier alpha value is -2.35. The minimum atomic E-state index is -0.834. The van der Waals surface area contributed by atoms with Crippen LogP contribution in [0.2, 0.25) is 0 Å². The highest BCUT2D eigenvalue weighted by molar-refractivity contribution is 5.94. The Morgan fingerprint density at radius 1 is 1.38 bits per heavy atom. The molecular formula is C16H18N2O3. The molecule has 21 heavy (non-hydrogen) atoms. The van der Waals surface area contributed by atoms with E-state index >= 15 is 0 Å². The van der Waals surface area contributed by atoms with E-state index in [0.717, 1.165) is 19.3 Å². The lowest BCUT2D eigenvalue weighted by molar-refractivity contribution is -0.137. The van der Waals surface area contributed by atoms with Crippen molar-refractivity contribution in [3.8, 4) is 6.07 Å². The first-order valence-corrected chi connectivity index (χ1v) is 7.14. The topological polar surface area (TPSA) is 81.4 Å². The first kappa shape index (κ1) is 15.0. The zero-order chi connectivity index (χ0) is 15.2. The summed E-state index contributed by atoms with van der Waals surface area (Å²) >= 11 is 0. The molecule has 1 atom stereocenters. The lowest BCUT2D eigenvalue weighted by Crippen LogP contribution is -2.44. The van der Waals surface area contributed by atoms with Gasteiger partial charge in [0.05, 0.1) is 11.6 Å². The Bertz CT molecular complexity index is 577. The van der Waals surface area contributed by atoms with Crippen molar-refractivity contribution in [3.05, 3.63) is 35.4 Å². The standard InChI is InChI=1S/C16H18N2O3/c17-11-12-4-3-5-13(10-12)16(21)18-9-2-1-6-14(18)7-8-15(19)20/h3-5,10,14H,1-2,6-9H2,(H,19,20). The van der Waals surface area contributed by atoms with Crippen molar-refractivity contribution < 1.29 is 14.7 Å². The van der Waals surface area contributed by atoms with Gasteiger partial charge < -0.3 is 10.0 Å². The van der Waals surface area contributed by atoms with Crippen LogP contribution < -0.4 is 0 Å². The molecule has 0 spiro atoms. The van der Waals surface area contributed by atoms with Crippen LogP contribution in [0.5, 0.6) is 0 Å². The molecule has 110 valence electrons. The van der Waals surface area contributed by atoms with E-state index < -0.39 is 5.97 Å². The van der Waals surface area contributed by atoms with Gasteiger partial charge in [-0.05, 0) is 43.9 Å².